The number of hydrogen-bond acceptors (Lipinski definition) is 7. The molecule has 0 amide bonds. The molecule has 1 N–H and O–H groups in total. The van der Waals surface area contributed by atoms with Crippen molar-refractivity contribution >= 4 is 11.7 Å². The minimum absolute atomic E-state index is 0.130. The molecule has 0 bridgehead atoms. The first-order valence-corrected chi connectivity index (χ1v) is 13.8. The van der Waals surface area contributed by atoms with Crippen LogP contribution in [0.25, 0.3) is 11.4 Å². The molecule has 0 saturated carbocycles. The number of nitrogens with one attached hydrogen (secondary N) is 1. The van der Waals surface area contributed by atoms with Gasteiger partial charge in [0.1, 0.15) is 18.4 Å². The van der Waals surface area contributed by atoms with Crippen molar-refractivity contribution in [3.63, 3.8) is 0 Å². The van der Waals surface area contributed by atoms with E-state index in [1.165, 1.54) is 0 Å². The summed E-state index contributed by atoms with van der Waals surface area (Å²) < 4.78 is 19.6. The lowest BCUT2D eigenvalue weighted by Crippen LogP contribution is -2.31. The number of nitrogens with zero attached hydrogens (tertiary/aromatic N) is 3. The molecular weight excluding hydrogens is 504 g/mol. The third-order valence-electron chi connectivity index (χ3n) is 7.11. The van der Waals surface area contributed by atoms with Gasteiger partial charge in [-0.25, -0.2) is 4.68 Å². The number of ketones is 1. The summed E-state index contributed by atoms with van der Waals surface area (Å²) in [5, 5.41) is 8.31. The third-order valence-corrected chi connectivity index (χ3v) is 7.11. The highest BCUT2D eigenvalue weighted by molar-refractivity contribution is 5.99. The van der Waals surface area contributed by atoms with E-state index < -0.39 is 6.04 Å². The van der Waals surface area contributed by atoms with Crippen LogP contribution in [0.3, 0.4) is 0 Å². The number of carbonyl (C=O) groups excluding carboxylic acids is 1. The summed E-state index contributed by atoms with van der Waals surface area (Å²) in [6.45, 7) is 5.43. The van der Waals surface area contributed by atoms with Crippen molar-refractivity contribution < 1.29 is 19.0 Å². The van der Waals surface area contributed by atoms with Crippen LogP contribution in [-0.2, 0) is 11.4 Å². The Labute approximate surface area is 233 Å². The van der Waals surface area contributed by atoms with Crippen LogP contribution in [0, 0.1) is 0 Å². The van der Waals surface area contributed by atoms with Crippen LogP contribution in [0.4, 0.5) is 5.95 Å². The molecule has 8 heteroatoms. The van der Waals surface area contributed by atoms with Gasteiger partial charge in [0.15, 0.2) is 23.1 Å². The van der Waals surface area contributed by atoms with Gasteiger partial charge in [0, 0.05) is 23.3 Å². The van der Waals surface area contributed by atoms with E-state index in [9.17, 15) is 4.79 Å². The van der Waals surface area contributed by atoms with Gasteiger partial charge in [-0.1, -0.05) is 36.4 Å². The number of Topliss-reactive ketones (excluding diaryl/α,β-unsaturated/α-hetero) is 1. The maximum Gasteiger partial charge on any atom is 0.226 e. The number of anilines is 1. The lowest BCUT2D eigenvalue weighted by Gasteiger charge is -2.32. The molecule has 1 aliphatic heterocycles. The number of allylic oxidation sites excluding steroid dienone is 2. The van der Waals surface area contributed by atoms with Gasteiger partial charge in [0.2, 0.25) is 5.95 Å². The fourth-order valence-electron chi connectivity index (χ4n) is 5.27. The van der Waals surface area contributed by atoms with E-state index in [0.29, 0.717) is 49.5 Å². The van der Waals surface area contributed by atoms with Crippen LogP contribution < -0.4 is 19.5 Å². The molecule has 0 saturated heterocycles. The maximum atomic E-state index is 13.3. The summed E-state index contributed by atoms with van der Waals surface area (Å²) in [6, 6.07) is 23.2. The topological polar surface area (TPSA) is 87.5 Å². The van der Waals surface area contributed by atoms with Gasteiger partial charge in [-0.15, -0.1) is 5.10 Å². The number of hydrogen-bond donors (Lipinski definition) is 1. The molecule has 1 aromatic heterocycles. The quantitative estimate of drug-likeness (QED) is 0.267. The number of fused-ring (bicyclic) bond motifs is 1. The Morgan fingerprint density at radius 2 is 1.70 bits per heavy atom. The molecule has 2 aliphatic rings. The fourth-order valence-corrected chi connectivity index (χ4v) is 5.27. The zero-order chi connectivity index (χ0) is 27.5. The number of rotatable bonds is 9. The maximum absolute atomic E-state index is 13.3. The Hall–Kier alpha value is -4.59. The van der Waals surface area contributed by atoms with Crippen molar-refractivity contribution in [2.75, 3.05) is 18.5 Å². The van der Waals surface area contributed by atoms with Crippen LogP contribution in [0.5, 0.6) is 17.2 Å². The van der Waals surface area contributed by atoms with Gasteiger partial charge in [-0.2, -0.15) is 4.98 Å². The Morgan fingerprint density at radius 1 is 0.900 bits per heavy atom. The van der Waals surface area contributed by atoms with E-state index in [1.807, 2.05) is 91.3 Å². The first-order chi connectivity index (χ1) is 19.6. The van der Waals surface area contributed by atoms with Crippen molar-refractivity contribution in [2.24, 2.45) is 0 Å². The summed E-state index contributed by atoms with van der Waals surface area (Å²) in [6.07, 6.45) is 2.12. The highest BCUT2D eigenvalue weighted by Gasteiger charge is 2.37. The zero-order valence-corrected chi connectivity index (χ0v) is 22.7. The summed E-state index contributed by atoms with van der Waals surface area (Å²) >= 11 is 0. The third kappa shape index (κ3) is 5.04. The smallest absolute Gasteiger partial charge is 0.226 e. The highest BCUT2D eigenvalue weighted by atomic mass is 16.5. The first kappa shape index (κ1) is 25.7. The molecule has 1 atom stereocenters. The molecular formula is C32H32N4O4. The van der Waals surface area contributed by atoms with Crippen LogP contribution in [0.1, 0.15) is 50.3 Å². The normalized spacial score (nSPS) is 16.1. The standard InChI is InChI=1S/C32H32N4O4/c1-3-38-24-16-13-22(14-17-24)31-34-32-33-25-11-8-12-26(37)29(25)30(36(32)35-31)23-15-18-27(28(19-23)39-4-2)40-20-21-9-6-5-7-10-21/h5-7,9-10,13-19,30H,3-4,8,11-12,20H2,1-2H3,(H,33,34,35). The second kappa shape index (κ2) is 11.3. The summed E-state index contributed by atoms with van der Waals surface area (Å²) in [5.41, 5.74) is 4.49. The molecule has 204 valence electrons. The molecule has 0 fully saturated rings. The number of carbonyl (C=O) groups is 1. The summed E-state index contributed by atoms with van der Waals surface area (Å²) in [5.74, 6) is 3.41. The molecule has 0 spiro atoms. The van der Waals surface area contributed by atoms with Crippen molar-refractivity contribution in [3.8, 4) is 28.6 Å². The number of ether oxygens (including phenoxy) is 3. The lowest BCUT2D eigenvalue weighted by atomic mass is 9.85. The van der Waals surface area contributed by atoms with Crippen molar-refractivity contribution in [1.82, 2.24) is 14.8 Å². The number of benzene rings is 3. The molecule has 1 aliphatic carbocycles. The van der Waals surface area contributed by atoms with Crippen LogP contribution in [0.15, 0.2) is 84.1 Å². The molecule has 0 radical (unpaired) electrons. The van der Waals surface area contributed by atoms with E-state index >= 15 is 0 Å². The van der Waals surface area contributed by atoms with Gasteiger partial charge < -0.3 is 19.5 Å². The van der Waals surface area contributed by atoms with E-state index in [-0.39, 0.29) is 5.78 Å². The van der Waals surface area contributed by atoms with Gasteiger partial charge >= 0.3 is 0 Å². The Bertz CT molecular complexity index is 1540. The Morgan fingerprint density at radius 3 is 2.48 bits per heavy atom. The monoisotopic (exact) mass is 536 g/mol. The van der Waals surface area contributed by atoms with E-state index in [1.54, 1.807) is 0 Å². The molecule has 6 rings (SSSR count). The average Bonchev–Trinajstić information content (AvgIpc) is 3.41. The van der Waals surface area contributed by atoms with Crippen molar-refractivity contribution in [2.45, 2.75) is 45.8 Å². The molecule has 2 heterocycles. The SMILES string of the molecule is CCOc1ccc(-c2nc3n(n2)C(c2ccc(OCc4ccccc4)c(OCC)c2)C2=C(CCCC2=O)N3)cc1. The fraction of sp³-hybridized carbons (Fsp3) is 0.281. The van der Waals surface area contributed by atoms with Gasteiger partial charge in [-0.05, 0) is 74.2 Å². The second-order valence-corrected chi connectivity index (χ2v) is 9.77. The predicted octanol–water partition coefficient (Wildman–Crippen LogP) is 6.34. The van der Waals surface area contributed by atoms with Crippen LogP contribution >= 0.6 is 0 Å². The minimum Gasteiger partial charge on any atom is -0.494 e. The zero-order valence-electron chi connectivity index (χ0n) is 22.7. The minimum atomic E-state index is -0.426. The second-order valence-electron chi connectivity index (χ2n) is 9.77. The lowest BCUT2D eigenvalue weighted by molar-refractivity contribution is -0.116. The summed E-state index contributed by atoms with van der Waals surface area (Å²) in [4.78, 5) is 18.1. The molecule has 1 unspecified atom stereocenters. The van der Waals surface area contributed by atoms with Gasteiger partial charge in [-0.3, -0.25) is 4.79 Å². The number of aromatic nitrogens is 3. The average molecular weight is 537 g/mol. The van der Waals surface area contributed by atoms with E-state index in [2.05, 4.69) is 5.32 Å². The summed E-state index contributed by atoms with van der Waals surface area (Å²) in [7, 11) is 0. The van der Waals surface area contributed by atoms with Crippen molar-refractivity contribution in [1.29, 1.82) is 0 Å². The Balaban J connectivity index is 1.38. The molecule has 4 aromatic rings. The first-order valence-electron chi connectivity index (χ1n) is 13.8. The van der Waals surface area contributed by atoms with E-state index in [0.717, 1.165) is 46.6 Å². The van der Waals surface area contributed by atoms with Gasteiger partial charge in [0.25, 0.3) is 0 Å². The van der Waals surface area contributed by atoms with Crippen molar-refractivity contribution in [3.05, 3.63) is 95.2 Å². The Kier molecular flexibility index (Phi) is 7.23. The van der Waals surface area contributed by atoms with Crippen LogP contribution in [0.2, 0.25) is 0 Å². The molecule has 3 aromatic carbocycles. The van der Waals surface area contributed by atoms with Crippen LogP contribution in [-0.4, -0.2) is 33.8 Å². The van der Waals surface area contributed by atoms with Gasteiger partial charge in [0.05, 0.1) is 13.2 Å². The largest absolute Gasteiger partial charge is 0.494 e. The van der Waals surface area contributed by atoms with E-state index in [4.69, 9.17) is 24.3 Å². The predicted molar refractivity (Wildman–Crippen MR) is 153 cm³/mol. The molecule has 40 heavy (non-hydrogen) atoms. The highest BCUT2D eigenvalue weighted by Crippen LogP contribution is 2.43. The molecule has 8 nitrogen and oxygen atoms in total.